The largest absolute Gasteiger partial charge is 0.481 e. The summed E-state index contributed by atoms with van der Waals surface area (Å²) in [5.74, 6) is -0.0581. The normalized spacial score (nSPS) is 19.5. The molecule has 0 bridgehead atoms. The summed E-state index contributed by atoms with van der Waals surface area (Å²) in [6.07, 6.45) is 10.3. The van der Waals surface area contributed by atoms with E-state index in [4.69, 9.17) is 10.8 Å². The molecule has 0 unspecified atom stereocenters. The number of ketones is 1. The first-order valence-electron chi connectivity index (χ1n) is 9.55. The Morgan fingerprint density at radius 1 is 1.15 bits per heavy atom. The number of primary amides is 1. The maximum absolute atomic E-state index is 12.2. The van der Waals surface area contributed by atoms with Crippen molar-refractivity contribution in [2.75, 3.05) is 5.32 Å². The van der Waals surface area contributed by atoms with Gasteiger partial charge in [-0.1, -0.05) is 43.5 Å². The number of carboxylic acid groups (broad SMARTS) is 1. The van der Waals surface area contributed by atoms with Gasteiger partial charge < -0.3 is 16.2 Å². The molecular formula is C21H28N2O4. The number of urea groups is 1. The van der Waals surface area contributed by atoms with E-state index >= 15 is 0 Å². The van der Waals surface area contributed by atoms with Gasteiger partial charge in [-0.25, -0.2) is 4.79 Å². The molecule has 0 radical (unpaired) electrons. The second-order valence-corrected chi connectivity index (χ2v) is 7.09. The first kappa shape index (κ1) is 20.7. The minimum absolute atomic E-state index is 0.0801. The number of hydrogen-bond donors (Lipinski definition) is 3. The number of carbonyl (C=O) groups is 3. The van der Waals surface area contributed by atoms with Crippen molar-refractivity contribution >= 4 is 29.5 Å². The molecule has 4 N–H and O–H groups in total. The number of Topliss-reactive ketones (excluding diaryl/α,β-unsaturated/α-hetero) is 1. The Balaban J connectivity index is 1.81. The minimum atomic E-state index is -0.746. The third-order valence-electron chi connectivity index (χ3n) is 5.02. The Hall–Kier alpha value is -2.63. The molecular weight excluding hydrogens is 344 g/mol. The Morgan fingerprint density at radius 3 is 2.52 bits per heavy atom. The number of unbranched alkanes of at least 4 members (excludes halogenated alkanes) is 3. The molecule has 1 aliphatic rings. The Labute approximate surface area is 159 Å². The van der Waals surface area contributed by atoms with Crippen LogP contribution < -0.4 is 11.1 Å². The lowest BCUT2D eigenvalue weighted by atomic mass is 9.89. The molecule has 0 aliphatic heterocycles. The Morgan fingerprint density at radius 2 is 1.85 bits per heavy atom. The van der Waals surface area contributed by atoms with Crippen molar-refractivity contribution in [1.82, 2.24) is 0 Å². The fourth-order valence-corrected chi connectivity index (χ4v) is 3.59. The van der Waals surface area contributed by atoms with Gasteiger partial charge in [0.1, 0.15) is 5.78 Å². The van der Waals surface area contributed by atoms with Crippen LogP contribution in [0.3, 0.4) is 0 Å². The van der Waals surface area contributed by atoms with Gasteiger partial charge >= 0.3 is 12.0 Å². The molecule has 27 heavy (non-hydrogen) atoms. The summed E-state index contributed by atoms with van der Waals surface area (Å²) in [7, 11) is 0. The summed E-state index contributed by atoms with van der Waals surface area (Å²) in [4.78, 5) is 33.5. The van der Waals surface area contributed by atoms with Crippen molar-refractivity contribution in [3.8, 4) is 0 Å². The van der Waals surface area contributed by atoms with Crippen molar-refractivity contribution in [3.05, 3.63) is 35.9 Å². The number of benzene rings is 1. The van der Waals surface area contributed by atoms with E-state index in [0.29, 0.717) is 24.3 Å². The van der Waals surface area contributed by atoms with Crippen molar-refractivity contribution in [3.63, 3.8) is 0 Å². The maximum atomic E-state index is 12.2. The van der Waals surface area contributed by atoms with Crippen molar-refractivity contribution in [2.45, 2.75) is 51.4 Å². The number of amides is 2. The molecule has 6 heteroatoms. The lowest BCUT2D eigenvalue weighted by Gasteiger charge is -2.14. The van der Waals surface area contributed by atoms with Crippen molar-refractivity contribution in [2.24, 2.45) is 17.6 Å². The van der Waals surface area contributed by atoms with Crippen LogP contribution in [-0.2, 0) is 9.59 Å². The van der Waals surface area contributed by atoms with Crippen LogP contribution in [-0.4, -0.2) is 22.9 Å². The summed E-state index contributed by atoms with van der Waals surface area (Å²) < 4.78 is 0. The Bertz CT molecular complexity index is 682. The van der Waals surface area contributed by atoms with Crippen molar-refractivity contribution in [1.29, 1.82) is 0 Å². The van der Waals surface area contributed by atoms with Gasteiger partial charge in [-0.05, 0) is 42.9 Å². The molecule has 6 nitrogen and oxygen atoms in total. The molecule has 0 spiro atoms. The smallest absolute Gasteiger partial charge is 0.316 e. The molecule has 2 amide bonds. The predicted molar refractivity (Wildman–Crippen MR) is 105 cm³/mol. The number of carbonyl (C=O) groups excluding carboxylic acids is 2. The number of nitrogens with one attached hydrogen (secondary N) is 1. The summed E-state index contributed by atoms with van der Waals surface area (Å²) in [6, 6.07) is 6.79. The second kappa shape index (κ2) is 10.5. The average Bonchev–Trinajstić information content (AvgIpc) is 2.96. The molecule has 2 rings (SSSR count). The molecule has 1 aromatic rings. The van der Waals surface area contributed by atoms with E-state index in [1.54, 1.807) is 12.1 Å². The lowest BCUT2D eigenvalue weighted by molar-refractivity contribution is -0.137. The van der Waals surface area contributed by atoms with Crippen LogP contribution in [0.25, 0.3) is 6.08 Å². The van der Waals surface area contributed by atoms with Gasteiger partial charge in [0, 0.05) is 24.4 Å². The number of allylic oxidation sites excluding steroid dienone is 1. The highest BCUT2D eigenvalue weighted by Gasteiger charge is 2.32. The van der Waals surface area contributed by atoms with Crippen LogP contribution in [0.1, 0.15) is 56.9 Å². The van der Waals surface area contributed by atoms with E-state index in [1.807, 2.05) is 18.2 Å². The standard InChI is InChI=1S/C21H28N2O4/c22-21(27)23-17-12-8-15(9-13-17)7-10-16-11-14-19(24)18(16)5-3-1-2-4-6-20(25)26/h7-10,12-13,16,18H,1-6,11,14H2,(H,25,26)(H3,22,23,27)/t16-,18+/m1/s1. The number of rotatable bonds is 10. The van der Waals surface area contributed by atoms with Crippen LogP contribution in [0.15, 0.2) is 30.3 Å². The van der Waals surface area contributed by atoms with Gasteiger partial charge in [0.15, 0.2) is 0 Å². The average molecular weight is 372 g/mol. The third kappa shape index (κ3) is 7.25. The molecule has 0 aromatic heterocycles. The van der Waals surface area contributed by atoms with Crippen molar-refractivity contribution < 1.29 is 19.5 Å². The summed E-state index contributed by atoms with van der Waals surface area (Å²) in [6.45, 7) is 0. The first-order valence-corrected chi connectivity index (χ1v) is 9.55. The molecule has 0 heterocycles. The van der Waals surface area contributed by atoms with Crippen LogP contribution in [0.5, 0.6) is 0 Å². The Kier molecular flexibility index (Phi) is 8.04. The van der Waals surface area contributed by atoms with E-state index in [0.717, 1.165) is 37.7 Å². The van der Waals surface area contributed by atoms with E-state index in [1.165, 1.54) is 0 Å². The zero-order chi connectivity index (χ0) is 19.6. The molecule has 2 atom stereocenters. The fraction of sp³-hybridized carbons (Fsp3) is 0.476. The molecule has 0 saturated heterocycles. The number of carboxylic acids is 1. The molecule has 146 valence electrons. The highest BCUT2D eigenvalue weighted by atomic mass is 16.4. The van der Waals surface area contributed by atoms with Crippen LogP contribution in [0.4, 0.5) is 10.5 Å². The molecule has 1 aliphatic carbocycles. The first-order chi connectivity index (χ1) is 13.0. The topological polar surface area (TPSA) is 109 Å². The SMILES string of the molecule is NC(=O)Nc1ccc(C=C[C@@H]2CCC(=O)[C@H]2CCCCCCC(=O)O)cc1. The van der Waals surface area contributed by atoms with Crippen LogP contribution in [0.2, 0.25) is 0 Å². The number of hydrogen-bond acceptors (Lipinski definition) is 3. The molecule has 1 saturated carbocycles. The summed E-state index contributed by atoms with van der Waals surface area (Å²) in [5.41, 5.74) is 6.75. The van der Waals surface area contributed by atoms with E-state index < -0.39 is 12.0 Å². The minimum Gasteiger partial charge on any atom is -0.481 e. The lowest BCUT2D eigenvalue weighted by Crippen LogP contribution is -2.19. The van der Waals surface area contributed by atoms with Gasteiger partial charge in [0.2, 0.25) is 0 Å². The highest BCUT2D eigenvalue weighted by molar-refractivity contribution is 5.87. The van der Waals surface area contributed by atoms with Gasteiger partial charge in [0.05, 0.1) is 0 Å². The van der Waals surface area contributed by atoms with Crippen LogP contribution >= 0.6 is 0 Å². The van der Waals surface area contributed by atoms with E-state index in [9.17, 15) is 14.4 Å². The van der Waals surface area contributed by atoms with Gasteiger partial charge in [0.25, 0.3) is 0 Å². The monoisotopic (exact) mass is 372 g/mol. The van der Waals surface area contributed by atoms with Gasteiger partial charge in [-0.15, -0.1) is 0 Å². The fourth-order valence-electron chi connectivity index (χ4n) is 3.59. The highest BCUT2D eigenvalue weighted by Crippen LogP contribution is 2.34. The van der Waals surface area contributed by atoms with Gasteiger partial charge in [-0.2, -0.15) is 0 Å². The van der Waals surface area contributed by atoms with Crippen LogP contribution in [0, 0.1) is 11.8 Å². The molecule has 1 aromatic carbocycles. The quantitative estimate of drug-likeness (QED) is 0.534. The second-order valence-electron chi connectivity index (χ2n) is 7.09. The predicted octanol–water partition coefficient (Wildman–Crippen LogP) is 4.21. The summed E-state index contributed by atoms with van der Waals surface area (Å²) in [5, 5.41) is 11.2. The van der Waals surface area contributed by atoms with Gasteiger partial charge in [-0.3, -0.25) is 9.59 Å². The number of nitrogens with two attached hydrogens (primary N) is 1. The number of anilines is 1. The zero-order valence-electron chi connectivity index (χ0n) is 15.5. The van der Waals surface area contributed by atoms with E-state index in [-0.39, 0.29) is 18.3 Å². The number of aliphatic carboxylic acids is 1. The summed E-state index contributed by atoms with van der Waals surface area (Å²) >= 11 is 0. The van der Waals surface area contributed by atoms with E-state index in [2.05, 4.69) is 11.4 Å². The zero-order valence-corrected chi connectivity index (χ0v) is 15.5. The maximum Gasteiger partial charge on any atom is 0.316 e. The molecule has 1 fully saturated rings. The third-order valence-corrected chi connectivity index (χ3v) is 5.02.